The maximum absolute atomic E-state index is 14.5. The summed E-state index contributed by atoms with van der Waals surface area (Å²) in [4.78, 5) is 58.5. The van der Waals surface area contributed by atoms with Gasteiger partial charge in [-0.1, -0.05) is 45.4 Å². The number of fused-ring (bicyclic) bond motifs is 4. The van der Waals surface area contributed by atoms with E-state index in [0.29, 0.717) is 57.8 Å². The number of esters is 1. The number of benzene rings is 1. The molecule has 2 saturated heterocycles. The van der Waals surface area contributed by atoms with Crippen LogP contribution in [0.3, 0.4) is 0 Å². The molecule has 4 heterocycles. The van der Waals surface area contributed by atoms with Gasteiger partial charge in [-0.3, -0.25) is 14.4 Å². The van der Waals surface area contributed by atoms with Gasteiger partial charge in [-0.05, 0) is 139 Å². The Morgan fingerprint density at radius 2 is 1.62 bits per heavy atom. The fourth-order valence-corrected chi connectivity index (χ4v) is 11.2. The number of amides is 1. The highest BCUT2D eigenvalue weighted by atomic mass is 16.7. The van der Waals surface area contributed by atoms with Gasteiger partial charge in [0.1, 0.15) is 35.9 Å². The topological polar surface area (TPSA) is 152 Å². The molecule has 366 valence electrons. The number of aryl methyl sites for hydroxylation is 1. The van der Waals surface area contributed by atoms with Crippen LogP contribution in [-0.4, -0.2) is 114 Å². The highest BCUT2D eigenvalue weighted by Crippen LogP contribution is 2.40. The van der Waals surface area contributed by atoms with Gasteiger partial charge in [0.2, 0.25) is 5.79 Å². The molecule has 13 nitrogen and oxygen atoms in total. The van der Waals surface area contributed by atoms with E-state index in [0.717, 1.165) is 41.7 Å². The standard InChI is InChI=1S/C53H78N2O11/c1-11-38-26-32(3)25-33(4)27-46(62-9)49-47(63-10)29-36(7)53(60,66-49)50(57)51(58)55-23-14-13-15-42(55)52(59)65-48(34(5)16-20-43(38)56)35(6)28-37-17-21-44(45(30-37)61-8)64-40-18-19-41-39(31-40)22-24-54(41)12-2/h18-19,22,24,26,28,31,33-34,36-38,42,44-49,60H,11-17,20-21,23,25,27,29-30H2,1-10H3. The Kier molecular flexibility index (Phi) is 17.9. The lowest BCUT2D eigenvalue weighted by Gasteiger charge is -2.47. The Labute approximate surface area is 392 Å². The van der Waals surface area contributed by atoms with Crippen molar-refractivity contribution < 1.29 is 52.7 Å². The Bertz CT molecular complexity index is 2060. The van der Waals surface area contributed by atoms with Crippen LogP contribution in [0.15, 0.2) is 53.8 Å². The number of ketones is 2. The largest absolute Gasteiger partial charge is 0.488 e. The molecule has 1 aromatic heterocycles. The molecule has 66 heavy (non-hydrogen) atoms. The number of Topliss-reactive ketones (excluding diaryl/α,β-unsaturated/α-hetero) is 2. The number of aliphatic hydroxyl groups is 1. The van der Waals surface area contributed by atoms with Gasteiger partial charge in [-0.15, -0.1) is 0 Å². The maximum Gasteiger partial charge on any atom is 0.329 e. The van der Waals surface area contributed by atoms with Crippen molar-refractivity contribution in [2.45, 2.75) is 181 Å². The molecule has 6 rings (SSSR count). The summed E-state index contributed by atoms with van der Waals surface area (Å²) in [6, 6.07) is 7.27. The van der Waals surface area contributed by atoms with Gasteiger partial charge < -0.3 is 43.0 Å². The zero-order valence-electron chi connectivity index (χ0n) is 41.3. The quantitative estimate of drug-likeness (QED) is 0.146. The molecule has 3 aliphatic heterocycles. The van der Waals surface area contributed by atoms with Crippen LogP contribution in [0.25, 0.3) is 10.9 Å². The van der Waals surface area contributed by atoms with Crippen molar-refractivity contribution in [1.82, 2.24) is 9.47 Å². The average Bonchev–Trinajstić information content (AvgIpc) is 3.73. The van der Waals surface area contributed by atoms with Gasteiger partial charge in [-0.2, -0.15) is 0 Å². The minimum absolute atomic E-state index is 0.0859. The number of hydrogen-bond acceptors (Lipinski definition) is 11. The van der Waals surface area contributed by atoms with Crippen LogP contribution in [0.5, 0.6) is 5.75 Å². The lowest BCUT2D eigenvalue weighted by molar-refractivity contribution is -0.302. The minimum atomic E-state index is -2.47. The van der Waals surface area contributed by atoms with Crippen molar-refractivity contribution in [3.05, 3.63) is 53.8 Å². The molecule has 2 bridgehead atoms. The third kappa shape index (κ3) is 11.7. The normalized spacial score (nSPS) is 35.2. The number of allylic oxidation sites excluding steroid dienone is 3. The molecular formula is C53H78N2O11. The van der Waals surface area contributed by atoms with Gasteiger partial charge in [0.05, 0.1) is 18.3 Å². The zero-order chi connectivity index (χ0) is 47.9. The zero-order valence-corrected chi connectivity index (χ0v) is 41.3. The summed E-state index contributed by atoms with van der Waals surface area (Å²) >= 11 is 0. The van der Waals surface area contributed by atoms with Gasteiger partial charge in [0, 0.05) is 69.8 Å². The first-order valence-corrected chi connectivity index (χ1v) is 24.7. The first-order chi connectivity index (χ1) is 31.5. The van der Waals surface area contributed by atoms with Gasteiger partial charge in [0.25, 0.3) is 11.7 Å². The highest BCUT2D eigenvalue weighted by molar-refractivity contribution is 6.39. The van der Waals surface area contributed by atoms with E-state index < -0.39 is 59.8 Å². The monoisotopic (exact) mass is 919 g/mol. The van der Waals surface area contributed by atoms with E-state index in [1.54, 1.807) is 28.3 Å². The van der Waals surface area contributed by atoms with Crippen molar-refractivity contribution in [1.29, 1.82) is 0 Å². The van der Waals surface area contributed by atoms with Crippen LogP contribution >= 0.6 is 0 Å². The van der Waals surface area contributed by atoms with Crippen LogP contribution < -0.4 is 4.74 Å². The first-order valence-electron chi connectivity index (χ1n) is 24.7. The molecule has 13 heteroatoms. The van der Waals surface area contributed by atoms with Gasteiger partial charge in [0.15, 0.2) is 0 Å². The summed E-state index contributed by atoms with van der Waals surface area (Å²) in [5.74, 6) is -5.34. The molecular weight excluding hydrogens is 841 g/mol. The van der Waals surface area contributed by atoms with Crippen LogP contribution in [0, 0.1) is 29.6 Å². The van der Waals surface area contributed by atoms with E-state index >= 15 is 0 Å². The second-order valence-corrected chi connectivity index (χ2v) is 20.0. The number of cyclic esters (lactones) is 1. The van der Waals surface area contributed by atoms with Gasteiger partial charge >= 0.3 is 5.97 Å². The molecule has 13 unspecified atom stereocenters. The number of nitrogens with zero attached hydrogens (tertiary/aromatic N) is 2. The smallest absolute Gasteiger partial charge is 0.329 e. The van der Waals surface area contributed by atoms with Crippen LogP contribution in [-0.2, 0) is 49.4 Å². The fourth-order valence-electron chi connectivity index (χ4n) is 11.2. The predicted octanol–water partition coefficient (Wildman–Crippen LogP) is 8.56. The van der Waals surface area contributed by atoms with Crippen molar-refractivity contribution >= 4 is 34.3 Å². The predicted molar refractivity (Wildman–Crippen MR) is 253 cm³/mol. The molecule has 1 aliphatic carbocycles. The number of piperidine rings is 1. The first kappa shape index (κ1) is 51.5. The number of aromatic nitrogens is 1. The molecule has 13 atom stereocenters. The number of hydrogen-bond donors (Lipinski definition) is 1. The SMILES string of the molecule is CCC1C=C(C)CC(C)CC(OC)C2OC(O)(C(=O)C(=O)N3CCCCC3C(=O)OC(C(C)=CC3CCC(Oc4ccc5c(ccn5CC)c4)C(OC)C3)C(C)CCC1=O)C(C)CC2OC. The Morgan fingerprint density at radius 1 is 0.894 bits per heavy atom. The maximum atomic E-state index is 14.5. The Morgan fingerprint density at radius 3 is 2.32 bits per heavy atom. The summed E-state index contributed by atoms with van der Waals surface area (Å²) in [6.07, 6.45) is 10.1. The third-order valence-corrected chi connectivity index (χ3v) is 15.1. The summed E-state index contributed by atoms with van der Waals surface area (Å²) in [6.45, 7) is 15.0. The summed E-state index contributed by atoms with van der Waals surface area (Å²) in [5, 5.41) is 13.3. The fraction of sp³-hybridized carbons (Fsp3) is 0.698. The van der Waals surface area contributed by atoms with Crippen molar-refractivity contribution in [2.24, 2.45) is 29.6 Å². The number of ether oxygens (including phenoxy) is 6. The number of carbonyl (C=O) groups is 4. The molecule has 2 aromatic rings. The van der Waals surface area contributed by atoms with Crippen molar-refractivity contribution in [3.8, 4) is 5.75 Å². The molecule has 0 spiro atoms. The third-order valence-electron chi connectivity index (χ3n) is 15.1. The van der Waals surface area contributed by atoms with Crippen molar-refractivity contribution in [2.75, 3.05) is 27.9 Å². The highest BCUT2D eigenvalue weighted by Gasteiger charge is 2.56. The second-order valence-electron chi connectivity index (χ2n) is 20.0. The van der Waals surface area contributed by atoms with E-state index in [1.807, 2.05) is 33.8 Å². The van der Waals surface area contributed by atoms with E-state index in [-0.39, 0.29) is 54.6 Å². The van der Waals surface area contributed by atoms with E-state index in [2.05, 4.69) is 55.0 Å². The van der Waals surface area contributed by atoms with Crippen LogP contribution in [0.4, 0.5) is 0 Å². The molecule has 1 aromatic carbocycles. The summed E-state index contributed by atoms with van der Waals surface area (Å²) in [7, 11) is 4.84. The Balaban J connectivity index is 1.27. The number of rotatable bonds is 9. The van der Waals surface area contributed by atoms with E-state index in [4.69, 9.17) is 28.4 Å². The molecule has 1 N–H and O–H groups in total. The minimum Gasteiger partial charge on any atom is -0.488 e. The average molecular weight is 919 g/mol. The van der Waals surface area contributed by atoms with Gasteiger partial charge in [-0.25, -0.2) is 4.79 Å². The van der Waals surface area contributed by atoms with E-state index in [9.17, 15) is 24.3 Å². The summed E-state index contributed by atoms with van der Waals surface area (Å²) in [5.41, 5.74) is 3.11. The van der Waals surface area contributed by atoms with E-state index in [1.165, 1.54) is 10.4 Å². The lowest BCUT2D eigenvalue weighted by Crippen LogP contribution is -2.64. The number of methoxy groups -OCH3 is 3. The summed E-state index contributed by atoms with van der Waals surface area (Å²) < 4.78 is 39.5. The molecule has 1 saturated carbocycles. The van der Waals surface area contributed by atoms with Crippen LogP contribution in [0.1, 0.15) is 126 Å². The molecule has 1 amide bonds. The Hall–Kier alpha value is -3.88. The van der Waals surface area contributed by atoms with Crippen LogP contribution in [0.2, 0.25) is 0 Å². The van der Waals surface area contributed by atoms with Crippen molar-refractivity contribution in [3.63, 3.8) is 0 Å². The molecule has 4 aliphatic rings. The lowest BCUT2D eigenvalue weighted by atomic mass is 9.82. The molecule has 0 radical (unpaired) electrons. The molecule has 3 fully saturated rings. The number of carbonyl (C=O) groups excluding carboxylic acids is 4. The second kappa shape index (κ2) is 22.9.